The minimum atomic E-state index is -4.10. The number of methoxy groups -OCH3 is 3. The van der Waals surface area contributed by atoms with Crippen LogP contribution < -0.4 is 18.9 Å². The third kappa shape index (κ3) is 4.35. The molecular formula is C24H22N2O6S. The molecule has 4 aromatic rings. The van der Waals surface area contributed by atoms with Gasteiger partial charge in [0, 0.05) is 6.07 Å². The van der Waals surface area contributed by atoms with E-state index in [1.807, 2.05) is 42.5 Å². The van der Waals surface area contributed by atoms with Gasteiger partial charge in [-0.3, -0.25) is 4.72 Å². The summed E-state index contributed by atoms with van der Waals surface area (Å²) in [6.45, 7) is 0. The summed E-state index contributed by atoms with van der Waals surface area (Å²) in [5.74, 6) is 1.19. The molecule has 0 aliphatic rings. The first-order chi connectivity index (χ1) is 16.0. The van der Waals surface area contributed by atoms with E-state index < -0.39 is 10.0 Å². The highest BCUT2D eigenvalue weighted by Crippen LogP contribution is 2.40. The van der Waals surface area contributed by atoms with Crippen LogP contribution in [0.4, 0.5) is 5.82 Å². The minimum absolute atomic E-state index is 0.00266. The lowest BCUT2D eigenvalue weighted by Crippen LogP contribution is -2.15. The summed E-state index contributed by atoms with van der Waals surface area (Å²) in [5, 5.41) is 3.92. The number of aromatic nitrogens is 1. The number of nitrogens with zero attached hydrogens (tertiary/aromatic N) is 1. The lowest BCUT2D eigenvalue weighted by atomic mass is 9.97. The molecule has 0 saturated carbocycles. The molecule has 3 aromatic carbocycles. The van der Waals surface area contributed by atoms with E-state index in [9.17, 15) is 8.42 Å². The van der Waals surface area contributed by atoms with Crippen molar-refractivity contribution in [1.82, 2.24) is 5.16 Å². The first-order valence-corrected chi connectivity index (χ1v) is 11.4. The lowest BCUT2D eigenvalue weighted by molar-refractivity contribution is 0.373. The quantitative estimate of drug-likeness (QED) is 0.397. The van der Waals surface area contributed by atoms with Gasteiger partial charge < -0.3 is 18.7 Å². The number of nitrogens with one attached hydrogen (secondary N) is 1. The van der Waals surface area contributed by atoms with E-state index >= 15 is 0 Å². The van der Waals surface area contributed by atoms with E-state index in [-0.39, 0.29) is 22.2 Å². The maximum Gasteiger partial charge on any atom is 0.270 e. The van der Waals surface area contributed by atoms with E-state index in [1.165, 1.54) is 32.4 Å². The average Bonchev–Trinajstić information content (AvgIpc) is 3.30. The smallest absolute Gasteiger partial charge is 0.270 e. The Labute approximate surface area is 191 Å². The molecule has 0 amide bonds. The standard InChI is InChI=1S/C24H22N2O6S/c1-29-18-12-7-11-17(16-9-5-4-6-10-16)23(18)21-15-22(25-32-21)26-33(27,28)24-19(30-2)13-8-14-20(24)31-3/h4-15H,1-3H3,(H,25,26). The van der Waals surface area contributed by atoms with E-state index in [0.717, 1.165) is 11.1 Å². The van der Waals surface area contributed by atoms with Crippen molar-refractivity contribution >= 4 is 15.8 Å². The molecule has 9 heteroatoms. The van der Waals surface area contributed by atoms with Crippen molar-refractivity contribution in [3.63, 3.8) is 0 Å². The molecule has 0 bridgehead atoms. The van der Waals surface area contributed by atoms with Crippen molar-refractivity contribution in [3.05, 3.63) is 72.8 Å². The largest absolute Gasteiger partial charge is 0.496 e. The number of hydrogen-bond acceptors (Lipinski definition) is 7. The van der Waals surface area contributed by atoms with Gasteiger partial charge in [0.2, 0.25) is 0 Å². The van der Waals surface area contributed by atoms with Crippen LogP contribution in [0.2, 0.25) is 0 Å². The van der Waals surface area contributed by atoms with Gasteiger partial charge in [-0.05, 0) is 29.3 Å². The third-order valence-corrected chi connectivity index (χ3v) is 6.40. The SMILES string of the molecule is COc1cccc(-c2ccccc2)c1-c1cc(NS(=O)(=O)c2c(OC)cccc2OC)no1. The molecule has 0 aliphatic heterocycles. The van der Waals surface area contributed by atoms with Gasteiger partial charge in [0.05, 0.1) is 26.9 Å². The van der Waals surface area contributed by atoms with Crippen LogP contribution in [0.5, 0.6) is 17.2 Å². The van der Waals surface area contributed by atoms with Gasteiger partial charge >= 0.3 is 0 Å². The summed E-state index contributed by atoms with van der Waals surface area (Å²) < 4.78 is 50.2. The van der Waals surface area contributed by atoms with Crippen molar-refractivity contribution in [2.45, 2.75) is 4.90 Å². The molecule has 0 aliphatic carbocycles. The zero-order valence-electron chi connectivity index (χ0n) is 18.2. The normalized spacial score (nSPS) is 11.1. The Bertz CT molecular complexity index is 1340. The molecule has 1 heterocycles. The molecule has 1 N–H and O–H groups in total. The van der Waals surface area contributed by atoms with E-state index in [1.54, 1.807) is 19.2 Å². The fourth-order valence-electron chi connectivity index (χ4n) is 3.53. The first-order valence-electron chi connectivity index (χ1n) is 9.92. The molecular weight excluding hydrogens is 444 g/mol. The van der Waals surface area contributed by atoms with Crippen LogP contribution in [0.15, 0.2) is 82.2 Å². The molecule has 0 atom stereocenters. The van der Waals surface area contributed by atoms with Gasteiger partial charge in [-0.25, -0.2) is 8.42 Å². The highest BCUT2D eigenvalue weighted by molar-refractivity contribution is 7.93. The Hall–Kier alpha value is -3.98. The molecule has 4 rings (SSSR count). The second kappa shape index (κ2) is 9.25. The van der Waals surface area contributed by atoms with Crippen molar-refractivity contribution in [2.75, 3.05) is 26.1 Å². The molecule has 170 valence electrons. The van der Waals surface area contributed by atoms with Crippen molar-refractivity contribution in [2.24, 2.45) is 0 Å². The Kier molecular flexibility index (Phi) is 6.23. The molecule has 0 unspecified atom stereocenters. The zero-order valence-corrected chi connectivity index (χ0v) is 19.0. The highest BCUT2D eigenvalue weighted by Gasteiger charge is 2.27. The summed E-state index contributed by atoms with van der Waals surface area (Å²) in [5.41, 5.74) is 2.45. The minimum Gasteiger partial charge on any atom is -0.496 e. The van der Waals surface area contributed by atoms with E-state index in [4.69, 9.17) is 18.7 Å². The van der Waals surface area contributed by atoms with Crippen LogP contribution in [0.25, 0.3) is 22.5 Å². The van der Waals surface area contributed by atoms with Crippen molar-refractivity contribution in [3.8, 4) is 39.7 Å². The van der Waals surface area contributed by atoms with E-state index in [0.29, 0.717) is 17.1 Å². The molecule has 0 spiro atoms. The highest BCUT2D eigenvalue weighted by atomic mass is 32.2. The molecule has 1 aromatic heterocycles. The molecule has 33 heavy (non-hydrogen) atoms. The van der Waals surface area contributed by atoms with Gasteiger partial charge in [-0.15, -0.1) is 0 Å². The molecule has 0 radical (unpaired) electrons. The predicted octanol–water partition coefficient (Wildman–Crippen LogP) is 4.84. The maximum absolute atomic E-state index is 13.1. The average molecular weight is 467 g/mol. The van der Waals surface area contributed by atoms with Gasteiger partial charge in [0.25, 0.3) is 10.0 Å². The number of rotatable bonds is 8. The Balaban J connectivity index is 1.75. The topological polar surface area (TPSA) is 99.9 Å². The Morgan fingerprint density at radius 2 is 1.39 bits per heavy atom. The third-order valence-electron chi connectivity index (χ3n) is 4.98. The second-order valence-corrected chi connectivity index (χ2v) is 8.54. The van der Waals surface area contributed by atoms with Crippen LogP contribution in [-0.2, 0) is 10.0 Å². The Morgan fingerprint density at radius 3 is 2.03 bits per heavy atom. The zero-order chi connectivity index (χ0) is 23.4. The van der Waals surface area contributed by atoms with Gasteiger partial charge in [0.1, 0.15) is 17.2 Å². The first kappa shape index (κ1) is 22.2. The monoisotopic (exact) mass is 466 g/mol. The van der Waals surface area contributed by atoms with Crippen LogP contribution >= 0.6 is 0 Å². The fraction of sp³-hybridized carbons (Fsp3) is 0.125. The van der Waals surface area contributed by atoms with Crippen molar-refractivity contribution in [1.29, 1.82) is 0 Å². The van der Waals surface area contributed by atoms with Crippen molar-refractivity contribution < 1.29 is 27.2 Å². The summed E-state index contributed by atoms with van der Waals surface area (Å²) in [6.07, 6.45) is 0. The van der Waals surface area contributed by atoms with E-state index in [2.05, 4.69) is 9.88 Å². The summed E-state index contributed by atoms with van der Waals surface area (Å²) >= 11 is 0. The number of ether oxygens (including phenoxy) is 3. The molecule has 0 saturated heterocycles. The van der Waals surface area contributed by atoms with Gasteiger partial charge in [-0.1, -0.05) is 53.7 Å². The maximum atomic E-state index is 13.1. The van der Waals surface area contributed by atoms with Gasteiger partial charge in [-0.2, -0.15) is 0 Å². The summed E-state index contributed by atoms with van der Waals surface area (Å²) in [7, 11) is 0.225. The summed E-state index contributed by atoms with van der Waals surface area (Å²) in [6, 6.07) is 21.5. The second-order valence-electron chi connectivity index (χ2n) is 6.92. The Morgan fingerprint density at radius 1 is 0.788 bits per heavy atom. The van der Waals surface area contributed by atoms with Crippen LogP contribution in [0.3, 0.4) is 0 Å². The summed E-state index contributed by atoms with van der Waals surface area (Å²) in [4.78, 5) is -0.137. The predicted molar refractivity (Wildman–Crippen MR) is 124 cm³/mol. The van der Waals surface area contributed by atoms with Crippen LogP contribution in [0.1, 0.15) is 0 Å². The van der Waals surface area contributed by atoms with Crippen LogP contribution in [0, 0.1) is 0 Å². The van der Waals surface area contributed by atoms with Gasteiger partial charge in [0.15, 0.2) is 16.5 Å². The molecule has 0 fully saturated rings. The number of benzene rings is 3. The molecule has 8 nitrogen and oxygen atoms in total. The lowest BCUT2D eigenvalue weighted by Gasteiger charge is -2.13. The number of sulfonamides is 1. The number of anilines is 1. The van der Waals surface area contributed by atoms with Crippen LogP contribution in [-0.4, -0.2) is 34.9 Å². The number of hydrogen-bond donors (Lipinski definition) is 1. The fourth-order valence-corrected chi connectivity index (χ4v) is 4.83.